The summed E-state index contributed by atoms with van der Waals surface area (Å²) in [4.78, 5) is 21.6. The van der Waals surface area contributed by atoms with E-state index in [-0.39, 0.29) is 34.8 Å². The molecule has 0 atom stereocenters. The van der Waals surface area contributed by atoms with Crippen molar-refractivity contribution in [1.82, 2.24) is 0 Å². The molecule has 1 aromatic rings. The zero-order valence-corrected chi connectivity index (χ0v) is 9.73. The number of hydrogen-bond acceptors (Lipinski definition) is 4. The second kappa shape index (κ2) is 5.30. The van der Waals surface area contributed by atoms with Gasteiger partial charge in [-0.2, -0.15) is 0 Å². The van der Waals surface area contributed by atoms with Gasteiger partial charge in [0.15, 0.2) is 5.78 Å². The molecule has 0 amide bonds. The lowest BCUT2D eigenvalue weighted by Gasteiger charge is -2.08. The smallest absolute Gasteiger partial charge is 0.163 e. The summed E-state index contributed by atoms with van der Waals surface area (Å²) in [5.41, 5.74) is 0.908. The molecule has 0 fully saturated rings. The summed E-state index contributed by atoms with van der Waals surface area (Å²) in [5, 5.41) is 19.4. The number of benzene rings is 1. The number of carbonyl (C=O) groups is 2. The number of rotatable bonds is 4. The molecule has 0 aliphatic heterocycles. The molecular formula is C13H14O4. The molecular weight excluding hydrogens is 220 g/mol. The van der Waals surface area contributed by atoms with Crippen molar-refractivity contribution in [2.45, 2.75) is 20.3 Å². The van der Waals surface area contributed by atoms with Crippen LogP contribution >= 0.6 is 0 Å². The Labute approximate surface area is 99.2 Å². The van der Waals surface area contributed by atoms with Gasteiger partial charge in [0, 0.05) is 5.56 Å². The standard InChI is InChI=1S/C13H14O4/c1-8(7-14)3-4-11-12(16)6-5-10(9(2)15)13(11)17/h3,5-7,16-17H,4H2,1-2H3/b8-3+. The van der Waals surface area contributed by atoms with Crippen LogP contribution in [0.1, 0.15) is 29.8 Å². The molecule has 1 aromatic carbocycles. The Morgan fingerprint density at radius 2 is 1.94 bits per heavy atom. The molecule has 0 aliphatic carbocycles. The summed E-state index contributed by atoms with van der Waals surface area (Å²) in [7, 11) is 0. The van der Waals surface area contributed by atoms with E-state index in [1.54, 1.807) is 13.0 Å². The highest BCUT2D eigenvalue weighted by molar-refractivity contribution is 5.97. The number of allylic oxidation sites excluding steroid dienone is 2. The van der Waals surface area contributed by atoms with Crippen LogP contribution in [0.2, 0.25) is 0 Å². The highest BCUT2D eigenvalue weighted by Gasteiger charge is 2.13. The third-order valence-corrected chi connectivity index (χ3v) is 2.45. The number of phenolic OH excluding ortho intramolecular Hbond substituents is 2. The first kappa shape index (κ1) is 13.0. The highest BCUT2D eigenvalue weighted by Crippen LogP contribution is 2.31. The van der Waals surface area contributed by atoms with Gasteiger partial charge in [0.1, 0.15) is 17.8 Å². The Kier molecular flexibility index (Phi) is 4.04. The number of hydrogen-bond donors (Lipinski definition) is 2. The minimum atomic E-state index is -0.278. The quantitative estimate of drug-likeness (QED) is 0.474. The molecule has 0 radical (unpaired) electrons. The number of ketones is 1. The number of aldehydes is 1. The fourth-order valence-electron chi connectivity index (χ4n) is 1.42. The minimum Gasteiger partial charge on any atom is -0.508 e. The maximum atomic E-state index is 11.2. The van der Waals surface area contributed by atoms with Crippen molar-refractivity contribution in [3.8, 4) is 11.5 Å². The molecule has 0 heterocycles. The molecule has 0 saturated carbocycles. The fourth-order valence-corrected chi connectivity index (χ4v) is 1.42. The van der Waals surface area contributed by atoms with Crippen LogP contribution < -0.4 is 0 Å². The highest BCUT2D eigenvalue weighted by atomic mass is 16.3. The van der Waals surface area contributed by atoms with Crippen LogP contribution in [0, 0.1) is 0 Å². The lowest BCUT2D eigenvalue weighted by molar-refractivity contribution is -0.104. The van der Waals surface area contributed by atoms with E-state index in [1.165, 1.54) is 19.1 Å². The summed E-state index contributed by atoms with van der Waals surface area (Å²) in [6.45, 7) is 2.96. The van der Waals surface area contributed by atoms with Crippen molar-refractivity contribution in [3.63, 3.8) is 0 Å². The molecule has 0 saturated heterocycles. The van der Waals surface area contributed by atoms with Gasteiger partial charge >= 0.3 is 0 Å². The molecule has 0 aliphatic rings. The topological polar surface area (TPSA) is 74.6 Å². The average Bonchev–Trinajstić information content (AvgIpc) is 2.27. The zero-order chi connectivity index (χ0) is 13.0. The molecule has 0 bridgehead atoms. The maximum absolute atomic E-state index is 11.2. The van der Waals surface area contributed by atoms with Crippen molar-refractivity contribution in [1.29, 1.82) is 0 Å². The number of Topliss-reactive ketones (excluding diaryl/α,β-unsaturated/α-hetero) is 1. The van der Waals surface area contributed by atoms with E-state index in [0.29, 0.717) is 11.9 Å². The summed E-state index contributed by atoms with van der Waals surface area (Å²) >= 11 is 0. The molecule has 0 aromatic heterocycles. The maximum Gasteiger partial charge on any atom is 0.163 e. The first-order valence-electron chi connectivity index (χ1n) is 5.14. The van der Waals surface area contributed by atoms with Crippen LogP contribution in [-0.2, 0) is 11.2 Å². The Morgan fingerprint density at radius 3 is 2.47 bits per heavy atom. The summed E-state index contributed by atoms with van der Waals surface area (Å²) in [6.07, 6.45) is 2.46. The largest absolute Gasteiger partial charge is 0.508 e. The van der Waals surface area contributed by atoms with Gasteiger partial charge < -0.3 is 10.2 Å². The average molecular weight is 234 g/mol. The van der Waals surface area contributed by atoms with E-state index in [1.807, 2.05) is 0 Å². The SMILES string of the molecule is CC(=O)c1ccc(O)c(C/C=C(\C)C=O)c1O. The molecule has 4 heteroatoms. The third kappa shape index (κ3) is 2.93. The first-order valence-corrected chi connectivity index (χ1v) is 5.14. The summed E-state index contributed by atoms with van der Waals surface area (Å²) in [5.74, 6) is -0.602. The van der Waals surface area contributed by atoms with Gasteiger partial charge in [-0.1, -0.05) is 6.08 Å². The Bertz CT molecular complexity index is 486. The van der Waals surface area contributed by atoms with Gasteiger partial charge in [0.2, 0.25) is 0 Å². The van der Waals surface area contributed by atoms with E-state index in [4.69, 9.17) is 0 Å². The molecule has 90 valence electrons. The molecule has 0 unspecified atom stereocenters. The third-order valence-electron chi connectivity index (χ3n) is 2.45. The van der Waals surface area contributed by atoms with E-state index < -0.39 is 0 Å². The monoisotopic (exact) mass is 234 g/mol. The van der Waals surface area contributed by atoms with Crippen LogP contribution in [0.4, 0.5) is 0 Å². The van der Waals surface area contributed by atoms with Gasteiger partial charge in [0.05, 0.1) is 5.56 Å². The van der Waals surface area contributed by atoms with Crippen LogP contribution in [0.5, 0.6) is 11.5 Å². The van der Waals surface area contributed by atoms with Crippen LogP contribution in [0.3, 0.4) is 0 Å². The van der Waals surface area contributed by atoms with Crippen molar-refractivity contribution < 1.29 is 19.8 Å². The fraction of sp³-hybridized carbons (Fsp3) is 0.231. The molecule has 0 spiro atoms. The molecule has 17 heavy (non-hydrogen) atoms. The van der Waals surface area contributed by atoms with Gasteiger partial charge in [-0.25, -0.2) is 0 Å². The van der Waals surface area contributed by atoms with Crippen LogP contribution in [0.25, 0.3) is 0 Å². The Hall–Kier alpha value is -2.10. The molecule has 4 nitrogen and oxygen atoms in total. The predicted molar refractivity (Wildman–Crippen MR) is 63.3 cm³/mol. The summed E-state index contributed by atoms with van der Waals surface area (Å²) < 4.78 is 0. The van der Waals surface area contributed by atoms with E-state index in [9.17, 15) is 19.8 Å². The minimum absolute atomic E-state index is 0.0950. The number of aromatic hydroxyl groups is 2. The van der Waals surface area contributed by atoms with Gasteiger partial charge in [-0.05, 0) is 38.0 Å². The summed E-state index contributed by atoms with van der Waals surface area (Å²) in [6, 6.07) is 2.72. The Morgan fingerprint density at radius 1 is 1.29 bits per heavy atom. The zero-order valence-electron chi connectivity index (χ0n) is 9.73. The lowest BCUT2D eigenvalue weighted by atomic mass is 10.0. The van der Waals surface area contributed by atoms with Crippen LogP contribution in [-0.4, -0.2) is 22.3 Å². The van der Waals surface area contributed by atoms with Crippen molar-refractivity contribution in [2.24, 2.45) is 0 Å². The van der Waals surface area contributed by atoms with Crippen LogP contribution in [0.15, 0.2) is 23.8 Å². The lowest BCUT2D eigenvalue weighted by Crippen LogP contribution is -1.96. The predicted octanol–water partition coefficient (Wildman–Crippen LogP) is 1.99. The normalized spacial score (nSPS) is 11.3. The van der Waals surface area contributed by atoms with Crippen molar-refractivity contribution in [3.05, 3.63) is 34.9 Å². The van der Waals surface area contributed by atoms with E-state index in [0.717, 1.165) is 0 Å². The first-order chi connectivity index (χ1) is 7.97. The van der Waals surface area contributed by atoms with E-state index >= 15 is 0 Å². The number of carbonyl (C=O) groups excluding carboxylic acids is 2. The van der Waals surface area contributed by atoms with Crippen molar-refractivity contribution >= 4 is 12.1 Å². The Balaban J connectivity index is 3.18. The number of phenols is 2. The molecule has 2 N–H and O–H groups in total. The second-order valence-electron chi connectivity index (χ2n) is 3.79. The van der Waals surface area contributed by atoms with Gasteiger partial charge in [-0.15, -0.1) is 0 Å². The van der Waals surface area contributed by atoms with E-state index in [2.05, 4.69) is 0 Å². The van der Waals surface area contributed by atoms with Gasteiger partial charge in [0.25, 0.3) is 0 Å². The molecule has 1 rings (SSSR count). The van der Waals surface area contributed by atoms with Gasteiger partial charge in [-0.3, -0.25) is 9.59 Å². The van der Waals surface area contributed by atoms with Crippen molar-refractivity contribution in [2.75, 3.05) is 0 Å². The second-order valence-corrected chi connectivity index (χ2v) is 3.79.